The molecule has 1 aromatic carbocycles. The zero-order valence-electron chi connectivity index (χ0n) is 15.1. The number of nitrogens with zero attached hydrogens (tertiary/aromatic N) is 3. The van der Waals surface area contributed by atoms with E-state index in [2.05, 4.69) is 29.1 Å². The fourth-order valence-electron chi connectivity index (χ4n) is 2.58. The Hall–Kier alpha value is -2.14. The number of nitrogens with one attached hydrogen (secondary N) is 1. The van der Waals surface area contributed by atoms with Crippen LogP contribution in [0.4, 0.5) is 5.82 Å². The van der Waals surface area contributed by atoms with Gasteiger partial charge < -0.3 is 10.2 Å². The van der Waals surface area contributed by atoms with E-state index in [1.807, 2.05) is 29.2 Å². The van der Waals surface area contributed by atoms with Gasteiger partial charge in [-0.05, 0) is 37.5 Å². The molecule has 1 aromatic heterocycles. The van der Waals surface area contributed by atoms with Gasteiger partial charge in [0.1, 0.15) is 17.3 Å². The number of aryl methyl sites for hydroxylation is 1. The van der Waals surface area contributed by atoms with Crippen molar-refractivity contribution in [3.8, 4) is 0 Å². The molecule has 1 amide bonds. The number of anilines is 1. The lowest BCUT2D eigenvalue weighted by molar-refractivity contribution is 0.0749. The predicted molar refractivity (Wildman–Crippen MR) is 102 cm³/mol. The molecule has 0 radical (unpaired) electrons. The van der Waals surface area contributed by atoms with Crippen molar-refractivity contribution < 1.29 is 4.79 Å². The fourth-order valence-corrected chi connectivity index (χ4v) is 2.71. The SMILES string of the molecule is CCCN(CCC)C(=O)c1cc(NCc2ccc(Cl)cc2)nc(C)n1. The summed E-state index contributed by atoms with van der Waals surface area (Å²) in [6.07, 6.45) is 1.86. The first kappa shape index (κ1) is 19.2. The summed E-state index contributed by atoms with van der Waals surface area (Å²) in [6.45, 7) is 8.02. The summed E-state index contributed by atoms with van der Waals surface area (Å²) in [5.41, 5.74) is 1.53. The number of halogens is 1. The molecule has 0 aliphatic heterocycles. The van der Waals surface area contributed by atoms with E-state index in [1.165, 1.54) is 0 Å². The Balaban J connectivity index is 2.12. The largest absolute Gasteiger partial charge is 0.366 e. The number of rotatable bonds is 8. The molecule has 5 nitrogen and oxygen atoms in total. The number of hydrogen-bond acceptors (Lipinski definition) is 4. The highest BCUT2D eigenvalue weighted by Gasteiger charge is 2.17. The number of hydrogen-bond donors (Lipinski definition) is 1. The van der Waals surface area contributed by atoms with E-state index in [9.17, 15) is 4.79 Å². The topological polar surface area (TPSA) is 58.1 Å². The number of amides is 1. The van der Waals surface area contributed by atoms with E-state index in [0.717, 1.165) is 31.5 Å². The Morgan fingerprint density at radius 3 is 2.36 bits per heavy atom. The molecule has 0 bridgehead atoms. The van der Waals surface area contributed by atoms with Crippen molar-refractivity contribution in [3.63, 3.8) is 0 Å². The van der Waals surface area contributed by atoms with Gasteiger partial charge >= 0.3 is 0 Å². The first-order valence-corrected chi connectivity index (χ1v) is 9.04. The zero-order chi connectivity index (χ0) is 18.2. The smallest absolute Gasteiger partial charge is 0.272 e. The maximum Gasteiger partial charge on any atom is 0.272 e. The van der Waals surface area contributed by atoms with E-state index in [-0.39, 0.29) is 5.91 Å². The van der Waals surface area contributed by atoms with Gasteiger partial charge in [-0.3, -0.25) is 4.79 Å². The molecule has 6 heteroatoms. The van der Waals surface area contributed by atoms with Crippen molar-refractivity contribution in [2.24, 2.45) is 0 Å². The molecule has 1 heterocycles. The average Bonchev–Trinajstić information content (AvgIpc) is 2.60. The van der Waals surface area contributed by atoms with E-state index in [0.29, 0.717) is 28.9 Å². The molecule has 134 valence electrons. The highest BCUT2D eigenvalue weighted by atomic mass is 35.5. The molecule has 2 aromatic rings. The fraction of sp³-hybridized carbons (Fsp3) is 0.421. The van der Waals surface area contributed by atoms with Crippen LogP contribution in [-0.4, -0.2) is 33.9 Å². The summed E-state index contributed by atoms with van der Waals surface area (Å²) in [5, 5.41) is 3.96. The second kappa shape index (κ2) is 9.37. The monoisotopic (exact) mass is 360 g/mol. The average molecular weight is 361 g/mol. The summed E-state index contributed by atoms with van der Waals surface area (Å²) in [6, 6.07) is 9.35. The molecule has 2 rings (SSSR count). The van der Waals surface area contributed by atoms with Gasteiger partial charge in [-0.1, -0.05) is 37.6 Å². The van der Waals surface area contributed by atoms with Crippen molar-refractivity contribution in [2.45, 2.75) is 40.2 Å². The van der Waals surface area contributed by atoms with Crippen molar-refractivity contribution in [3.05, 3.63) is 52.4 Å². The number of carbonyl (C=O) groups is 1. The molecule has 0 saturated carbocycles. The minimum absolute atomic E-state index is 0.0382. The van der Waals surface area contributed by atoms with Gasteiger partial charge in [0.05, 0.1) is 0 Å². The Bertz CT molecular complexity index is 697. The van der Waals surface area contributed by atoms with Gasteiger partial charge in [0.25, 0.3) is 5.91 Å². The first-order chi connectivity index (χ1) is 12.0. The van der Waals surface area contributed by atoms with Crippen LogP contribution in [0.15, 0.2) is 30.3 Å². The normalized spacial score (nSPS) is 10.6. The lowest BCUT2D eigenvalue weighted by atomic mass is 10.2. The number of benzene rings is 1. The minimum Gasteiger partial charge on any atom is -0.366 e. The summed E-state index contributed by atoms with van der Waals surface area (Å²) >= 11 is 5.90. The summed E-state index contributed by atoms with van der Waals surface area (Å²) in [4.78, 5) is 23.3. The predicted octanol–water partition coefficient (Wildman–Crippen LogP) is 4.31. The molecular formula is C19H25ClN4O. The van der Waals surface area contributed by atoms with Crippen molar-refractivity contribution in [1.29, 1.82) is 0 Å². The Labute approximate surface area is 154 Å². The Kier molecular flexibility index (Phi) is 7.19. The lowest BCUT2D eigenvalue weighted by Gasteiger charge is -2.21. The second-order valence-electron chi connectivity index (χ2n) is 5.96. The van der Waals surface area contributed by atoms with Crippen LogP contribution in [0.5, 0.6) is 0 Å². The van der Waals surface area contributed by atoms with Gasteiger partial charge in [-0.2, -0.15) is 0 Å². The van der Waals surface area contributed by atoms with Crippen molar-refractivity contribution in [2.75, 3.05) is 18.4 Å². The van der Waals surface area contributed by atoms with Crippen LogP contribution in [0, 0.1) is 6.92 Å². The van der Waals surface area contributed by atoms with Gasteiger partial charge in [0.2, 0.25) is 0 Å². The standard InChI is InChI=1S/C19H25ClN4O/c1-4-10-24(11-5-2)19(25)17-12-18(23-14(3)22-17)21-13-15-6-8-16(20)9-7-15/h6-9,12H,4-5,10-11,13H2,1-3H3,(H,21,22,23). The molecule has 0 unspecified atom stereocenters. The molecule has 0 atom stereocenters. The molecule has 0 aliphatic carbocycles. The van der Waals surface area contributed by atoms with Gasteiger partial charge in [0, 0.05) is 30.7 Å². The van der Waals surface area contributed by atoms with Crippen molar-refractivity contribution >= 4 is 23.3 Å². The molecule has 1 N–H and O–H groups in total. The van der Waals surface area contributed by atoms with Gasteiger partial charge in [-0.25, -0.2) is 9.97 Å². The van der Waals surface area contributed by atoms with Crippen LogP contribution in [-0.2, 0) is 6.54 Å². The van der Waals surface area contributed by atoms with Crippen LogP contribution in [0.1, 0.15) is 48.6 Å². The Morgan fingerprint density at radius 1 is 1.12 bits per heavy atom. The highest BCUT2D eigenvalue weighted by molar-refractivity contribution is 6.30. The first-order valence-electron chi connectivity index (χ1n) is 8.66. The molecular weight excluding hydrogens is 336 g/mol. The highest BCUT2D eigenvalue weighted by Crippen LogP contribution is 2.13. The second-order valence-corrected chi connectivity index (χ2v) is 6.39. The molecule has 0 spiro atoms. The molecule has 25 heavy (non-hydrogen) atoms. The Morgan fingerprint density at radius 2 is 1.76 bits per heavy atom. The third-order valence-corrected chi connectivity index (χ3v) is 3.97. The maximum absolute atomic E-state index is 12.7. The van der Waals surface area contributed by atoms with Gasteiger partial charge in [-0.15, -0.1) is 0 Å². The summed E-state index contributed by atoms with van der Waals surface area (Å²) < 4.78 is 0. The van der Waals surface area contributed by atoms with E-state index >= 15 is 0 Å². The minimum atomic E-state index is -0.0382. The quantitative estimate of drug-likeness (QED) is 0.761. The maximum atomic E-state index is 12.7. The van der Waals surface area contributed by atoms with Crippen molar-refractivity contribution in [1.82, 2.24) is 14.9 Å². The van der Waals surface area contributed by atoms with Crippen LogP contribution in [0.2, 0.25) is 5.02 Å². The molecule has 0 saturated heterocycles. The van der Waals surface area contributed by atoms with Crippen LogP contribution in [0.25, 0.3) is 0 Å². The van der Waals surface area contributed by atoms with Crippen LogP contribution in [0.3, 0.4) is 0 Å². The lowest BCUT2D eigenvalue weighted by Crippen LogP contribution is -2.33. The van der Waals surface area contributed by atoms with E-state index < -0.39 is 0 Å². The zero-order valence-corrected chi connectivity index (χ0v) is 15.8. The third-order valence-electron chi connectivity index (χ3n) is 3.72. The van der Waals surface area contributed by atoms with Crippen LogP contribution < -0.4 is 5.32 Å². The third kappa shape index (κ3) is 5.71. The summed E-state index contributed by atoms with van der Waals surface area (Å²) in [5.74, 6) is 1.19. The molecule has 0 fully saturated rings. The van der Waals surface area contributed by atoms with E-state index in [4.69, 9.17) is 11.6 Å². The van der Waals surface area contributed by atoms with Crippen LogP contribution >= 0.6 is 11.6 Å². The number of aromatic nitrogens is 2. The molecule has 0 aliphatic rings. The van der Waals surface area contributed by atoms with Gasteiger partial charge in [0.15, 0.2) is 0 Å². The number of carbonyl (C=O) groups excluding carboxylic acids is 1. The van der Waals surface area contributed by atoms with E-state index in [1.54, 1.807) is 13.0 Å². The summed E-state index contributed by atoms with van der Waals surface area (Å²) in [7, 11) is 0.